The quantitative estimate of drug-likeness (QED) is 0.756. The van der Waals surface area contributed by atoms with Crippen molar-refractivity contribution in [3.63, 3.8) is 0 Å². The van der Waals surface area contributed by atoms with Crippen LogP contribution in [0, 0.1) is 5.41 Å². The number of nitrogens with zero attached hydrogens (tertiary/aromatic N) is 1. The standard InChI is InChI=1S/C13H26N2O/c1-11-7-12(8-15(11)2)14-9-13(10-16)5-3-4-6-13/h11-12,14,16H,3-10H2,1-2H3. The number of aliphatic hydroxyl groups is 1. The Balaban J connectivity index is 1.78. The third-order valence-electron chi connectivity index (χ3n) is 4.65. The fraction of sp³-hybridized carbons (Fsp3) is 1.00. The lowest BCUT2D eigenvalue weighted by molar-refractivity contribution is 0.125. The van der Waals surface area contributed by atoms with Gasteiger partial charge in [0.1, 0.15) is 0 Å². The summed E-state index contributed by atoms with van der Waals surface area (Å²) in [5.41, 5.74) is 0.199. The molecule has 1 saturated carbocycles. The molecule has 2 aliphatic rings. The Morgan fingerprint density at radius 2 is 2.06 bits per heavy atom. The first-order valence-corrected chi connectivity index (χ1v) is 6.70. The molecule has 0 aromatic rings. The molecule has 1 aliphatic heterocycles. The first kappa shape index (κ1) is 12.3. The number of hydrogen-bond donors (Lipinski definition) is 2. The van der Waals surface area contributed by atoms with Gasteiger partial charge in [-0.1, -0.05) is 12.8 Å². The molecule has 0 aromatic carbocycles. The molecule has 1 saturated heterocycles. The Hall–Kier alpha value is -0.120. The molecular weight excluding hydrogens is 200 g/mol. The van der Waals surface area contributed by atoms with Crippen LogP contribution in [0.2, 0.25) is 0 Å². The highest BCUT2D eigenvalue weighted by Gasteiger charge is 2.34. The molecule has 0 radical (unpaired) electrons. The van der Waals surface area contributed by atoms with E-state index in [0.29, 0.717) is 18.7 Å². The van der Waals surface area contributed by atoms with Crippen molar-refractivity contribution >= 4 is 0 Å². The van der Waals surface area contributed by atoms with Gasteiger partial charge in [0.2, 0.25) is 0 Å². The number of rotatable bonds is 4. The van der Waals surface area contributed by atoms with Crippen molar-refractivity contribution in [3.8, 4) is 0 Å². The lowest BCUT2D eigenvalue weighted by atomic mass is 9.87. The minimum Gasteiger partial charge on any atom is -0.396 e. The predicted molar refractivity (Wildman–Crippen MR) is 66.5 cm³/mol. The van der Waals surface area contributed by atoms with Crippen LogP contribution < -0.4 is 5.32 Å². The van der Waals surface area contributed by atoms with Gasteiger partial charge < -0.3 is 15.3 Å². The molecule has 1 heterocycles. The minimum atomic E-state index is 0.199. The Bertz CT molecular complexity index is 216. The Morgan fingerprint density at radius 3 is 2.56 bits per heavy atom. The Kier molecular flexibility index (Phi) is 3.88. The van der Waals surface area contributed by atoms with Crippen molar-refractivity contribution in [2.75, 3.05) is 26.7 Å². The highest BCUT2D eigenvalue weighted by Crippen LogP contribution is 2.37. The van der Waals surface area contributed by atoms with E-state index in [4.69, 9.17) is 0 Å². The van der Waals surface area contributed by atoms with E-state index in [1.807, 2.05) is 0 Å². The molecule has 94 valence electrons. The van der Waals surface area contributed by atoms with E-state index in [1.54, 1.807) is 0 Å². The summed E-state index contributed by atoms with van der Waals surface area (Å²) in [4.78, 5) is 2.41. The third kappa shape index (κ3) is 2.58. The van der Waals surface area contributed by atoms with Gasteiger partial charge in [-0.15, -0.1) is 0 Å². The summed E-state index contributed by atoms with van der Waals surface area (Å²) in [6, 6.07) is 1.33. The summed E-state index contributed by atoms with van der Waals surface area (Å²) in [7, 11) is 2.20. The second kappa shape index (κ2) is 5.03. The second-order valence-corrected chi connectivity index (χ2v) is 5.97. The zero-order chi connectivity index (χ0) is 11.6. The van der Waals surface area contributed by atoms with Gasteiger partial charge in [0.15, 0.2) is 0 Å². The van der Waals surface area contributed by atoms with Gasteiger partial charge in [-0.2, -0.15) is 0 Å². The molecule has 0 bridgehead atoms. The molecule has 16 heavy (non-hydrogen) atoms. The molecule has 0 spiro atoms. The van der Waals surface area contributed by atoms with Crippen molar-refractivity contribution < 1.29 is 5.11 Å². The summed E-state index contributed by atoms with van der Waals surface area (Å²) in [5.74, 6) is 0. The maximum Gasteiger partial charge on any atom is 0.0499 e. The van der Waals surface area contributed by atoms with Gasteiger partial charge in [-0.25, -0.2) is 0 Å². The molecular formula is C13H26N2O. The maximum atomic E-state index is 9.54. The third-order valence-corrected chi connectivity index (χ3v) is 4.65. The van der Waals surface area contributed by atoms with Crippen molar-refractivity contribution in [3.05, 3.63) is 0 Å². The smallest absolute Gasteiger partial charge is 0.0499 e. The summed E-state index contributed by atoms with van der Waals surface area (Å²) in [6.45, 7) is 4.81. The summed E-state index contributed by atoms with van der Waals surface area (Å²) < 4.78 is 0. The van der Waals surface area contributed by atoms with Crippen LogP contribution in [0.25, 0.3) is 0 Å². The first-order chi connectivity index (χ1) is 7.65. The molecule has 1 aliphatic carbocycles. The molecule has 3 heteroatoms. The van der Waals surface area contributed by atoms with Crippen LogP contribution >= 0.6 is 0 Å². The largest absolute Gasteiger partial charge is 0.396 e. The Labute approximate surface area is 99.2 Å². The fourth-order valence-corrected chi connectivity index (χ4v) is 3.22. The highest BCUT2D eigenvalue weighted by molar-refractivity contribution is 4.90. The van der Waals surface area contributed by atoms with Crippen molar-refractivity contribution in [2.24, 2.45) is 5.41 Å². The molecule has 0 aromatic heterocycles. The number of nitrogens with one attached hydrogen (secondary N) is 1. The number of hydrogen-bond acceptors (Lipinski definition) is 3. The van der Waals surface area contributed by atoms with E-state index in [9.17, 15) is 5.11 Å². The number of likely N-dealkylation sites (tertiary alicyclic amines) is 1. The number of likely N-dealkylation sites (N-methyl/N-ethyl adjacent to an activating group) is 1. The van der Waals surface area contributed by atoms with Crippen molar-refractivity contribution in [2.45, 2.75) is 51.1 Å². The van der Waals surface area contributed by atoms with Crippen LogP contribution in [-0.2, 0) is 0 Å². The van der Waals surface area contributed by atoms with Crippen molar-refractivity contribution in [1.82, 2.24) is 10.2 Å². The summed E-state index contributed by atoms with van der Waals surface area (Å²) in [6.07, 6.45) is 6.24. The average molecular weight is 226 g/mol. The predicted octanol–water partition coefficient (Wildman–Crippen LogP) is 1.22. The highest BCUT2D eigenvalue weighted by atomic mass is 16.3. The zero-order valence-electron chi connectivity index (χ0n) is 10.7. The SMILES string of the molecule is CC1CC(NCC2(CO)CCCC2)CN1C. The molecule has 2 rings (SSSR count). The monoisotopic (exact) mass is 226 g/mol. The van der Waals surface area contributed by atoms with Gasteiger partial charge >= 0.3 is 0 Å². The van der Waals surface area contributed by atoms with Gasteiger partial charge in [-0.3, -0.25) is 0 Å². The normalized spacial score (nSPS) is 34.7. The lowest BCUT2D eigenvalue weighted by Gasteiger charge is -2.28. The van der Waals surface area contributed by atoms with Crippen LogP contribution in [-0.4, -0.2) is 48.8 Å². The van der Waals surface area contributed by atoms with E-state index in [0.717, 1.165) is 13.1 Å². The first-order valence-electron chi connectivity index (χ1n) is 6.70. The maximum absolute atomic E-state index is 9.54. The molecule has 2 atom stereocenters. The van der Waals surface area contributed by atoms with Gasteiger partial charge in [0.25, 0.3) is 0 Å². The fourth-order valence-electron chi connectivity index (χ4n) is 3.22. The van der Waals surface area contributed by atoms with Gasteiger partial charge in [-0.05, 0) is 33.2 Å². The van der Waals surface area contributed by atoms with Crippen LogP contribution in [0.1, 0.15) is 39.0 Å². The van der Waals surface area contributed by atoms with Crippen molar-refractivity contribution in [1.29, 1.82) is 0 Å². The van der Waals surface area contributed by atoms with Crippen LogP contribution in [0.15, 0.2) is 0 Å². The molecule has 3 nitrogen and oxygen atoms in total. The molecule has 2 fully saturated rings. The molecule has 0 amide bonds. The minimum absolute atomic E-state index is 0.199. The second-order valence-electron chi connectivity index (χ2n) is 5.97. The lowest BCUT2D eigenvalue weighted by Crippen LogP contribution is -2.41. The van der Waals surface area contributed by atoms with E-state index in [2.05, 4.69) is 24.2 Å². The molecule has 2 unspecified atom stereocenters. The molecule has 2 N–H and O–H groups in total. The topological polar surface area (TPSA) is 35.5 Å². The zero-order valence-corrected chi connectivity index (χ0v) is 10.7. The van der Waals surface area contributed by atoms with Crippen LogP contribution in [0.5, 0.6) is 0 Å². The van der Waals surface area contributed by atoms with E-state index in [1.165, 1.54) is 32.1 Å². The summed E-state index contributed by atoms with van der Waals surface area (Å²) in [5, 5.41) is 13.2. The van der Waals surface area contributed by atoms with E-state index in [-0.39, 0.29) is 5.41 Å². The number of aliphatic hydroxyl groups excluding tert-OH is 1. The average Bonchev–Trinajstić information content (AvgIpc) is 2.85. The van der Waals surface area contributed by atoms with Gasteiger partial charge in [0, 0.05) is 37.2 Å². The van der Waals surface area contributed by atoms with Crippen LogP contribution in [0.3, 0.4) is 0 Å². The van der Waals surface area contributed by atoms with E-state index >= 15 is 0 Å². The van der Waals surface area contributed by atoms with E-state index < -0.39 is 0 Å². The summed E-state index contributed by atoms with van der Waals surface area (Å²) >= 11 is 0. The van der Waals surface area contributed by atoms with Gasteiger partial charge in [0.05, 0.1) is 0 Å². The van der Waals surface area contributed by atoms with Crippen LogP contribution in [0.4, 0.5) is 0 Å². The Morgan fingerprint density at radius 1 is 1.38 bits per heavy atom.